The van der Waals surface area contributed by atoms with E-state index in [9.17, 15) is 5.11 Å². The zero-order chi connectivity index (χ0) is 14.9. The number of aryl methyl sites for hydroxylation is 1. The summed E-state index contributed by atoms with van der Waals surface area (Å²) < 4.78 is 0. The van der Waals surface area contributed by atoms with Crippen molar-refractivity contribution < 1.29 is 5.11 Å². The SMILES string of the molecule is NCC[C@@H](O)c1cccc(C#CCCc2ccccc2)c1. The van der Waals surface area contributed by atoms with Crippen molar-refractivity contribution in [1.29, 1.82) is 0 Å². The van der Waals surface area contributed by atoms with Crippen LogP contribution in [0.2, 0.25) is 0 Å². The van der Waals surface area contributed by atoms with Crippen molar-refractivity contribution in [2.45, 2.75) is 25.4 Å². The maximum absolute atomic E-state index is 9.94. The Balaban J connectivity index is 1.94. The molecule has 2 heteroatoms. The molecule has 0 amide bonds. The predicted octanol–water partition coefficient (Wildman–Crippen LogP) is 3.05. The van der Waals surface area contributed by atoms with Crippen LogP contribution in [0.5, 0.6) is 0 Å². The number of hydrogen-bond acceptors (Lipinski definition) is 2. The van der Waals surface area contributed by atoms with Crippen LogP contribution in [0.15, 0.2) is 54.6 Å². The van der Waals surface area contributed by atoms with Crippen LogP contribution in [0.25, 0.3) is 0 Å². The summed E-state index contributed by atoms with van der Waals surface area (Å²) in [7, 11) is 0. The van der Waals surface area contributed by atoms with E-state index in [1.54, 1.807) is 0 Å². The molecule has 21 heavy (non-hydrogen) atoms. The first-order valence-electron chi connectivity index (χ1n) is 7.30. The Hall–Kier alpha value is -2.08. The largest absolute Gasteiger partial charge is 0.388 e. The average molecular weight is 279 g/mol. The smallest absolute Gasteiger partial charge is 0.0802 e. The summed E-state index contributed by atoms with van der Waals surface area (Å²) in [5, 5.41) is 9.94. The standard InChI is InChI=1S/C19H21NO/c20-14-13-19(21)18-12-6-11-17(15-18)10-5-4-9-16-7-2-1-3-8-16/h1-3,6-8,11-12,15,19,21H,4,9,13-14,20H2/t19-/m1/s1. The van der Waals surface area contributed by atoms with Crippen LogP contribution in [-0.4, -0.2) is 11.7 Å². The fraction of sp³-hybridized carbons (Fsp3) is 0.263. The second-order valence-corrected chi connectivity index (χ2v) is 5.01. The number of rotatable bonds is 5. The first-order chi connectivity index (χ1) is 10.3. The molecule has 0 saturated heterocycles. The first kappa shape index (κ1) is 15.3. The molecule has 0 unspecified atom stereocenters. The van der Waals surface area contributed by atoms with Gasteiger partial charge in [-0.15, -0.1) is 0 Å². The van der Waals surface area contributed by atoms with E-state index >= 15 is 0 Å². The number of aliphatic hydroxyl groups is 1. The summed E-state index contributed by atoms with van der Waals surface area (Å²) in [6.45, 7) is 0.480. The molecule has 0 aliphatic carbocycles. The molecule has 0 aromatic heterocycles. The summed E-state index contributed by atoms with van der Waals surface area (Å²) >= 11 is 0. The molecule has 0 radical (unpaired) electrons. The third-order valence-corrected chi connectivity index (χ3v) is 3.33. The molecule has 3 N–H and O–H groups in total. The maximum Gasteiger partial charge on any atom is 0.0802 e. The van der Waals surface area contributed by atoms with Crippen molar-refractivity contribution in [3.63, 3.8) is 0 Å². The summed E-state index contributed by atoms with van der Waals surface area (Å²) in [4.78, 5) is 0. The second-order valence-electron chi connectivity index (χ2n) is 5.01. The lowest BCUT2D eigenvalue weighted by Crippen LogP contribution is -2.06. The van der Waals surface area contributed by atoms with Gasteiger partial charge in [-0.3, -0.25) is 0 Å². The molecule has 1 atom stereocenters. The fourth-order valence-corrected chi connectivity index (χ4v) is 2.16. The molecular weight excluding hydrogens is 258 g/mol. The Morgan fingerprint density at radius 3 is 2.62 bits per heavy atom. The van der Waals surface area contributed by atoms with Crippen molar-refractivity contribution >= 4 is 0 Å². The van der Waals surface area contributed by atoms with Gasteiger partial charge in [-0.25, -0.2) is 0 Å². The van der Waals surface area contributed by atoms with E-state index in [2.05, 4.69) is 24.0 Å². The quantitative estimate of drug-likeness (QED) is 0.826. The van der Waals surface area contributed by atoms with Gasteiger partial charge in [-0.05, 0) is 42.6 Å². The number of benzene rings is 2. The van der Waals surface area contributed by atoms with E-state index in [1.165, 1.54) is 5.56 Å². The van der Waals surface area contributed by atoms with E-state index in [4.69, 9.17) is 5.73 Å². The van der Waals surface area contributed by atoms with Gasteiger partial charge in [0.2, 0.25) is 0 Å². The summed E-state index contributed by atoms with van der Waals surface area (Å²) in [6.07, 6.45) is 1.87. The van der Waals surface area contributed by atoms with Crippen molar-refractivity contribution in [1.82, 2.24) is 0 Å². The second kappa shape index (κ2) is 8.26. The van der Waals surface area contributed by atoms with Crippen LogP contribution in [0.1, 0.15) is 35.6 Å². The molecule has 108 valence electrons. The molecule has 2 aromatic rings. The highest BCUT2D eigenvalue weighted by molar-refractivity contribution is 5.38. The predicted molar refractivity (Wildman–Crippen MR) is 86.7 cm³/mol. The molecule has 0 saturated carbocycles. The van der Waals surface area contributed by atoms with Crippen LogP contribution in [0.3, 0.4) is 0 Å². The highest BCUT2D eigenvalue weighted by Gasteiger charge is 2.05. The number of aliphatic hydroxyl groups excluding tert-OH is 1. The molecular formula is C19H21NO. The molecule has 0 aliphatic rings. The Morgan fingerprint density at radius 1 is 1.05 bits per heavy atom. The summed E-state index contributed by atoms with van der Waals surface area (Å²) in [6, 6.07) is 18.1. The lowest BCUT2D eigenvalue weighted by molar-refractivity contribution is 0.170. The maximum atomic E-state index is 9.94. The van der Waals surface area contributed by atoms with Gasteiger partial charge in [-0.1, -0.05) is 54.3 Å². The fourth-order valence-electron chi connectivity index (χ4n) is 2.16. The minimum absolute atomic E-state index is 0.480. The third kappa shape index (κ3) is 5.07. The number of hydrogen-bond donors (Lipinski definition) is 2. The van der Waals surface area contributed by atoms with Gasteiger partial charge in [-0.2, -0.15) is 0 Å². The van der Waals surface area contributed by atoms with Crippen molar-refractivity contribution in [2.75, 3.05) is 6.54 Å². The topological polar surface area (TPSA) is 46.2 Å². The first-order valence-corrected chi connectivity index (χ1v) is 7.30. The summed E-state index contributed by atoms with van der Waals surface area (Å²) in [5.74, 6) is 6.35. The van der Waals surface area contributed by atoms with E-state index in [0.29, 0.717) is 13.0 Å². The minimum atomic E-state index is -0.499. The van der Waals surface area contributed by atoms with Crippen LogP contribution in [0, 0.1) is 11.8 Å². The van der Waals surface area contributed by atoms with Crippen molar-refractivity contribution in [3.8, 4) is 11.8 Å². The van der Waals surface area contributed by atoms with E-state index in [0.717, 1.165) is 24.0 Å². The minimum Gasteiger partial charge on any atom is -0.388 e. The van der Waals surface area contributed by atoms with Gasteiger partial charge >= 0.3 is 0 Å². The lowest BCUT2D eigenvalue weighted by Gasteiger charge is -2.09. The highest BCUT2D eigenvalue weighted by atomic mass is 16.3. The Morgan fingerprint density at radius 2 is 1.86 bits per heavy atom. The third-order valence-electron chi connectivity index (χ3n) is 3.33. The molecule has 0 spiro atoms. The molecule has 2 rings (SSSR count). The van der Waals surface area contributed by atoms with Crippen LogP contribution >= 0.6 is 0 Å². The van der Waals surface area contributed by atoms with Crippen LogP contribution < -0.4 is 5.73 Å². The Labute approximate surface area is 126 Å². The average Bonchev–Trinajstić information content (AvgIpc) is 2.53. The number of nitrogens with two attached hydrogens (primary N) is 1. The van der Waals surface area contributed by atoms with E-state index in [1.807, 2.05) is 42.5 Å². The zero-order valence-electron chi connectivity index (χ0n) is 12.1. The van der Waals surface area contributed by atoms with Crippen molar-refractivity contribution in [2.24, 2.45) is 5.73 Å². The highest BCUT2D eigenvalue weighted by Crippen LogP contribution is 2.16. The van der Waals surface area contributed by atoms with E-state index < -0.39 is 6.10 Å². The van der Waals surface area contributed by atoms with Crippen LogP contribution in [-0.2, 0) is 6.42 Å². The normalized spacial score (nSPS) is 11.5. The Kier molecular flexibility index (Phi) is 6.02. The molecule has 0 fully saturated rings. The van der Waals surface area contributed by atoms with Gasteiger partial charge < -0.3 is 10.8 Å². The molecule has 0 aliphatic heterocycles. The van der Waals surface area contributed by atoms with Gasteiger partial charge in [0.1, 0.15) is 0 Å². The molecule has 0 heterocycles. The van der Waals surface area contributed by atoms with Gasteiger partial charge in [0.05, 0.1) is 6.10 Å². The van der Waals surface area contributed by atoms with Gasteiger partial charge in [0.25, 0.3) is 0 Å². The molecule has 0 bridgehead atoms. The molecule has 2 nitrogen and oxygen atoms in total. The Bertz CT molecular complexity index is 610. The molecule has 2 aromatic carbocycles. The van der Waals surface area contributed by atoms with Gasteiger partial charge in [0, 0.05) is 12.0 Å². The monoisotopic (exact) mass is 279 g/mol. The van der Waals surface area contributed by atoms with Gasteiger partial charge in [0.15, 0.2) is 0 Å². The summed E-state index contributed by atoms with van der Waals surface area (Å²) in [5.41, 5.74) is 8.60. The van der Waals surface area contributed by atoms with E-state index in [-0.39, 0.29) is 0 Å². The van der Waals surface area contributed by atoms with Crippen molar-refractivity contribution in [3.05, 3.63) is 71.3 Å². The van der Waals surface area contributed by atoms with Crippen LogP contribution in [0.4, 0.5) is 0 Å². The zero-order valence-corrected chi connectivity index (χ0v) is 12.1. The lowest BCUT2D eigenvalue weighted by atomic mass is 10.0.